The summed E-state index contributed by atoms with van der Waals surface area (Å²) in [6, 6.07) is 9.71. The zero-order valence-electron chi connectivity index (χ0n) is 13.4. The van der Waals surface area contributed by atoms with Crippen LogP contribution in [-0.2, 0) is 0 Å². The van der Waals surface area contributed by atoms with Crippen LogP contribution >= 0.6 is 0 Å². The molecule has 1 amide bonds. The standard InChI is InChI=1S/C16H14N4O5/c1-10-3-4-13(9-15(10)20(24)25)11(2)17-18-16(21)12-5-7-14(8-6-12)19(22)23/h3-9H,1-2H3,(H,18,21). The molecule has 2 rings (SSSR count). The topological polar surface area (TPSA) is 128 Å². The van der Waals surface area contributed by atoms with Crippen molar-refractivity contribution in [2.24, 2.45) is 5.10 Å². The van der Waals surface area contributed by atoms with Crippen LogP contribution in [0.4, 0.5) is 11.4 Å². The molecule has 0 aliphatic carbocycles. The highest BCUT2D eigenvalue weighted by Crippen LogP contribution is 2.19. The number of benzene rings is 2. The number of nitro groups is 2. The van der Waals surface area contributed by atoms with Gasteiger partial charge in [0.2, 0.25) is 0 Å². The molecule has 0 saturated heterocycles. The van der Waals surface area contributed by atoms with Crippen LogP contribution in [0.2, 0.25) is 0 Å². The maximum absolute atomic E-state index is 12.0. The van der Waals surface area contributed by atoms with Crippen molar-refractivity contribution in [2.45, 2.75) is 13.8 Å². The van der Waals surface area contributed by atoms with Crippen molar-refractivity contribution in [3.05, 3.63) is 79.4 Å². The Hall–Kier alpha value is -3.62. The Balaban J connectivity index is 2.15. The monoisotopic (exact) mass is 342 g/mol. The summed E-state index contributed by atoms with van der Waals surface area (Å²) in [5.41, 5.74) is 3.78. The number of nitro benzene ring substituents is 2. The summed E-state index contributed by atoms with van der Waals surface area (Å²) in [6.07, 6.45) is 0. The molecule has 0 aliphatic heterocycles. The van der Waals surface area contributed by atoms with Crippen LogP contribution in [-0.4, -0.2) is 21.5 Å². The third-order valence-corrected chi connectivity index (χ3v) is 3.49. The molecule has 0 fully saturated rings. The Kier molecular flexibility index (Phi) is 5.18. The van der Waals surface area contributed by atoms with Gasteiger partial charge in [0.15, 0.2) is 0 Å². The molecular formula is C16H14N4O5. The average molecular weight is 342 g/mol. The number of rotatable bonds is 5. The van der Waals surface area contributed by atoms with E-state index in [4.69, 9.17) is 0 Å². The van der Waals surface area contributed by atoms with E-state index in [1.54, 1.807) is 26.0 Å². The molecular weight excluding hydrogens is 328 g/mol. The number of nitrogens with zero attached hydrogens (tertiary/aromatic N) is 3. The summed E-state index contributed by atoms with van der Waals surface area (Å²) in [7, 11) is 0. The highest BCUT2D eigenvalue weighted by Gasteiger charge is 2.13. The van der Waals surface area contributed by atoms with Gasteiger partial charge in [0.05, 0.1) is 15.6 Å². The number of aryl methyl sites for hydroxylation is 1. The molecule has 0 bridgehead atoms. The minimum Gasteiger partial charge on any atom is -0.267 e. The minimum absolute atomic E-state index is 0.0336. The summed E-state index contributed by atoms with van der Waals surface area (Å²) < 4.78 is 0. The van der Waals surface area contributed by atoms with E-state index in [2.05, 4.69) is 10.5 Å². The normalized spacial score (nSPS) is 11.0. The first-order valence-electron chi connectivity index (χ1n) is 7.14. The van der Waals surface area contributed by atoms with Gasteiger partial charge in [-0.15, -0.1) is 0 Å². The SMILES string of the molecule is CC(=NNC(=O)c1ccc([N+](=O)[O-])cc1)c1ccc(C)c([N+](=O)[O-])c1. The van der Waals surface area contributed by atoms with Gasteiger partial charge in [-0.25, -0.2) is 5.43 Å². The molecule has 9 heteroatoms. The van der Waals surface area contributed by atoms with Gasteiger partial charge < -0.3 is 0 Å². The molecule has 0 saturated carbocycles. The smallest absolute Gasteiger partial charge is 0.267 e. The Labute approximate surface area is 142 Å². The van der Waals surface area contributed by atoms with E-state index in [1.807, 2.05) is 0 Å². The fraction of sp³-hybridized carbons (Fsp3) is 0.125. The minimum atomic E-state index is -0.561. The van der Waals surface area contributed by atoms with Gasteiger partial charge in [-0.2, -0.15) is 5.10 Å². The van der Waals surface area contributed by atoms with Crippen molar-refractivity contribution in [3.8, 4) is 0 Å². The lowest BCUT2D eigenvalue weighted by Crippen LogP contribution is -2.19. The van der Waals surface area contributed by atoms with Gasteiger partial charge >= 0.3 is 0 Å². The number of hydrogen-bond acceptors (Lipinski definition) is 6. The largest absolute Gasteiger partial charge is 0.272 e. The molecule has 0 radical (unpaired) electrons. The molecule has 2 aromatic carbocycles. The summed E-state index contributed by atoms with van der Waals surface area (Å²) >= 11 is 0. The molecule has 128 valence electrons. The van der Waals surface area contributed by atoms with Crippen LogP contribution < -0.4 is 5.43 Å². The second-order valence-corrected chi connectivity index (χ2v) is 5.20. The number of hydrazone groups is 1. The van der Waals surface area contributed by atoms with E-state index in [9.17, 15) is 25.0 Å². The first-order valence-corrected chi connectivity index (χ1v) is 7.14. The van der Waals surface area contributed by atoms with E-state index in [0.717, 1.165) is 0 Å². The maximum atomic E-state index is 12.0. The van der Waals surface area contributed by atoms with Gasteiger partial charge in [-0.3, -0.25) is 25.0 Å². The van der Waals surface area contributed by atoms with Gasteiger partial charge in [0, 0.05) is 34.9 Å². The van der Waals surface area contributed by atoms with Crippen molar-refractivity contribution in [2.75, 3.05) is 0 Å². The highest BCUT2D eigenvalue weighted by atomic mass is 16.6. The Bertz CT molecular complexity index is 875. The third-order valence-electron chi connectivity index (χ3n) is 3.49. The second-order valence-electron chi connectivity index (χ2n) is 5.20. The van der Waals surface area contributed by atoms with Gasteiger partial charge in [-0.1, -0.05) is 12.1 Å². The number of nitrogens with one attached hydrogen (secondary N) is 1. The van der Waals surface area contributed by atoms with Gasteiger partial charge in [-0.05, 0) is 26.0 Å². The van der Waals surface area contributed by atoms with Crippen molar-refractivity contribution in [1.82, 2.24) is 5.43 Å². The van der Waals surface area contributed by atoms with E-state index >= 15 is 0 Å². The predicted octanol–water partition coefficient (Wildman–Crippen LogP) is 2.97. The van der Waals surface area contributed by atoms with Crippen molar-refractivity contribution in [1.29, 1.82) is 0 Å². The number of carbonyl (C=O) groups excluding carboxylic acids is 1. The van der Waals surface area contributed by atoms with Gasteiger partial charge in [0.1, 0.15) is 0 Å². The van der Waals surface area contributed by atoms with Crippen LogP contribution in [0.25, 0.3) is 0 Å². The molecule has 0 unspecified atom stereocenters. The average Bonchev–Trinajstić information content (AvgIpc) is 2.59. The predicted molar refractivity (Wildman–Crippen MR) is 90.6 cm³/mol. The van der Waals surface area contributed by atoms with Crippen LogP contribution in [0.1, 0.15) is 28.4 Å². The van der Waals surface area contributed by atoms with Crippen LogP contribution in [0, 0.1) is 27.2 Å². The Morgan fingerprint density at radius 2 is 1.60 bits per heavy atom. The molecule has 1 N–H and O–H groups in total. The lowest BCUT2D eigenvalue weighted by atomic mass is 10.1. The fourth-order valence-electron chi connectivity index (χ4n) is 2.03. The van der Waals surface area contributed by atoms with Crippen molar-refractivity contribution in [3.63, 3.8) is 0 Å². The Morgan fingerprint density at radius 3 is 2.16 bits per heavy atom. The summed E-state index contributed by atoms with van der Waals surface area (Å²) in [4.78, 5) is 32.5. The van der Waals surface area contributed by atoms with Crippen molar-refractivity contribution >= 4 is 23.0 Å². The quantitative estimate of drug-likeness (QED) is 0.507. The molecule has 0 aromatic heterocycles. The highest BCUT2D eigenvalue weighted by molar-refractivity contribution is 6.01. The zero-order valence-corrected chi connectivity index (χ0v) is 13.4. The van der Waals surface area contributed by atoms with Crippen LogP contribution in [0.5, 0.6) is 0 Å². The summed E-state index contributed by atoms with van der Waals surface area (Å²) in [5.74, 6) is -0.546. The fourth-order valence-corrected chi connectivity index (χ4v) is 2.03. The molecule has 25 heavy (non-hydrogen) atoms. The first-order chi connectivity index (χ1) is 11.8. The lowest BCUT2D eigenvalue weighted by molar-refractivity contribution is -0.385. The first kappa shape index (κ1) is 17.7. The van der Waals surface area contributed by atoms with Crippen LogP contribution in [0.15, 0.2) is 47.6 Å². The third kappa shape index (κ3) is 4.22. The molecule has 0 atom stereocenters. The number of hydrogen-bond donors (Lipinski definition) is 1. The zero-order chi connectivity index (χ0) is 18.6. The number of amides is 1. The van der Waals surface area contributed by atoms with E-state index in [1.165, 1.54) is 30.3 Å². The molecule has 2 aromatic rings. The van der Waals surface area contributed by atoms with Gasteiger partial charge in [0.25, 0.3) is 17.3 Å². The lowest BCUT2D eigenvalue weighted by Gasteiger charge is -2.04. The van der Waals surface area contributed by atoms with Crippen LogP contribution in [0.3, 0.4) is 0 Å². The van der Waals surface area contributed by atoms with E-state index < -0.39 is 15.8 Å². The maximum Gasteiger partial charge on any atom is 0.272 e. The Morgan fingerprint density at radius 1 is 1.00 bits per heavy atom. The second kappa shape index (κ2) is 7.30. The molecule has 0 spiro atoms. The molecule has 0 heterocycles. The summed E-state index contributed by atoms with van der Waals surface area (Å²) in [5, 5.41) is 25.5. The van der Waals surface area contributed by atoms with E-state index in [0.29, 0.717) is 16.8 Å². The number of non-ortho nitro benzene ring substituents is 1. The molecule has 9 nitrogen and oxygen atoms in total. The summed E-state index contributed by atoms with van der Waals surface area (Å²) in [6.45, 7) is 3.23. The molecule has 0 aliphatic rings. The number of carbonyl (C=O) groups is 1. The van der Waals surface area contributed by atoms with Crippen molar-refractivity contribution < 1.29 is 14.6 Å². The van der Waals surface area contributed by atoms with E-state index in [-0.39, 0.29) is 16.9 Å².